The van der Waals surface area contributed by atoms with Gasteiger partial charge in [0, 0.05) is 25.1 Å². The largest absolute Gasteiger partial charge is 0.369 e. The van der Waals surface area contributed by atoms with E-state index in [0.717, 1.165) is 30.9 Å². The third-order valence-corrected chi connectivity index (χ3v) is 3.80. The van der Waals surface area contributed by atoms with Gasteiger partial charge in [-0.2, -0.15) is 0 Å². The van der Waals surface area contributed by atoms with Crippen molar-refractivity contribution in [2.75, 3.05) is 16.9 Å². The molecule has 2 atom stereocenters. The first-order valence-electron chi connectivity index (χ1n) is 6.95. The van der Waals surface area contributed by atoms with Crippen LogP contribution < -0.4 is 21.9 Å². The summed E-state index contributed by atoms with van der Waals surface area (Å²) in [5.74, 6) is 7.18. The van der Waals surface area contributed by atoms with Crippen molar-refractivity contribution >= 4 is 17.5 Å². The molecule has 0 bridgehead atoms. The number of nitrogen functional groups attached to an aromatic ring is 1. The molecular formula is C13H22N6O. The van der Waals surface area contributed by atoms with E-state index >= 15 is 0 Å². The van der Waals surface area contributed by atoms with Gasteiger partial charge in [-0.05, 0) is 19.8 Å². The summed E-state index contributed by atoms with van der Waals surface area (Å²) < 4.78 is 0. The molecule has 2 heterocycles. The lowest BCUT2D eigenvalue weighted by Crippen LogP contribution is -2.46. The van der Waals surface area contributed by atoms with Crippen molar-refractivity contribution in [2.45, 2.75) is 39.2 Å². The van der Waals surface area contributed by atoms with Crippen molar-refractivity contribution in [1.29, 1.82) is 0 Å². The first-order valence-corrected chi connectivity index (χ1v) is 6.95. The Hall–Kier alpha value is -1.89. The minimum Gasteiger partial charge on any atom is -0.369 e. The Kier molecular flexibility index (Phi) is 4.39. The van der Waals surface area contributed by atoms with Gasteiger partial charge < -0.3 is 16.1 Å². The molecular weight excluding hydrogens is 256 g/mol. The molecule has 0 spiro atoms. The highest BCUT2D eigenvalue weighted by Gasteiger charge is 2.29. The number of nitrogens with zero attached hydrogens (tertiary/aromatic N) is 3. The van der Waals surface area contributed by atoms with Crippen LogP contribution in [0, 0.1) is 5.92 Å². The van der Waals surface area contributed by atoms with E-state index in [9.17, 15) is 4.79 Å². The normalized spacial score (nSPS) is 22.6. The lowest BCUT2D eigenvalue weighted by Gasteiger charge is -2.37. The molecule has 7 heteroatoms. The van der Waals surface area contributed by atoms with Crippen molar-refractivity contribution in [3.8, 4) is 0 Å². The average molecular weight is 278 g/mol. The van der Waals surface area contributed by atoms with E-state index in [4.69, 9.17) is 11.6 Å². The lowest BCUT2D eigenvalue weighted by molar-refractivity contribution is -0.122. The van der Waals surface area contributed by atoms with E-state index in [-0.39, 0.29) is 11.8 Å². The summed E-state index contributed by atoms with van der Waals surface area (Å²) in [6, 6.07) is 2.12. The minimum atomic E-state index is -0.246. The highest BCUT2D eigenvalue weighted by Crippen LogP contribution is 2.27. The van der Waals surface area contributed by atoms with Crippen molar-refractivity contribution in [3.05, 3.63) is 11.9 Å². The molecule has 0 radical (unpaired) electrons. The molecule has 1 fully saturated rings. The van der Waals surface area contributed by atoms with Gasteiger partial charge in [-0.25, -0.2) is 15.8 Å². The van der Waals surface area contributed by atoms with Crippen molar-refractivity contribution in [2.24, 2.45) is 17.5 Å². The van der Waals surface area contributed by atoms with Gasteiger partial charge in [0.2, 0.25) is 5.91 Å². The number of carbonyl (C=O) groups excluding carboxylic acids is 1. The number of aryl methyl sites for hydroxylation is 1. The van der Waals surface area contributed by atoms with Crippen LogP contribution in [-0.4, -0.2) is 28.5 Å². The number of primary amides is 1. The van der Waals surface area contributed by atoms with Crippen LogP contribution in [0.25, 0.3) is 0 Å². The van der Waals surface area contributed by atoms with Crippen LogP contribution in [0.2, 0.25) is 0 Å². The number of hydrazine groups is 1. The zero-order chi connectivity index (χ0) is 14.7. The maximum absolute atomic E-state index is 11.4. The zero-order valence-corrected chi connectivity index (χ0v) is 12.0. The van der Waals surface area contributed by atoms with Gasteiger partial charge in [0.1, 0.15) is 17.5 Å². The van der Waals surface area contributed by atoms with Crippen LogP contribution in [0.5, 0.6) is 0 Å². The summed E-state index contributed by atoms with van der Waals surface area (Å²) in [6.07, 6.45) is 2.48. The fourth-order valence-corrected chi connectivity index (χ4v) is 2.52. The number of rotatable bonds is 4. The molecule has 1 aliphatic heterocycles. The molecule has 1 amide bonds. The van der Waals surface area contributed by atoms with Gasteiger partial charge in [0.25, 0.3) is 0 Å². The molecule has 1 aromatic rings. The van der Waals surface area contributed by atoms with Crippen LogP contribution in [0.1, 0.15) is 32.5 Å². The monoisotopic (exact) mass is 278 g/mol. The Morgan fingerprint density at radius 1 is 1.50 bits per heavy atom. The second-order valence-corrected chi connectivity index (χ2v) is 5.20. The van der Waals surface area contributed by atoms with E-state index in [1.807, 2.05) is 6.92 Å². The highest BCUT2D eigenvalue weighted by atomic mass is 16.1. The molecule has 0 aliphatic carbocycles. The summed E-state index contributed by atoms with van der Waals surface area (Å²) in [4.78, 5) is 22.3. The Morgan fingerprint density at radius 2 is 2.25 bits per heavy atom. The second-order valence-electron chi connectivity index (χ2n) is 5.20. The second kappa shape index (κ2) is 6.04. The summed E-state index contributed by atoms with van der Waals surface area (Å²) in [5, 5.41) is 0. The van der Waals surface area contributed by atoms with E-state index < -0.39 is 0 Å². The number of carbonyl (C=O) groups is 1. The van der Waals surface area contributed by atoms with E-state index in [0.29, 0.717) is 18.4 Å². The maximum atomic E-state index is 11.4. The number of anilines is 2. The van der Waals surface area contributed by atoms with E-state index in [1.165, 1.54) is 0 Å². The number of nitrogens with two attached hydrogens (primary N) is 2. The fraction of sp³-hybridized carbons (Fsp3) is 0.615. The number of hydrogen-bond acceptors (Lipinski definition) is 6. The van der Waals surface area contributed by atoms with Gasteiger partial charge in [-0.1, -0.05) is 6.92 Å². The fourth-order valence-electron chi connectivity index (χ4n) is 2.52. The van der Waals surface area contributed by atoms with Crippen LogP contribution >= 0.6 is 0 Å². The van der Waals surface area contributed by atoms with E-state index in [1.54, 1.807) is 6.07 Å². The molecule has 1 aliphatic rings. The van der Waals surface area contributed by atoms with E-state index in [2.05, 4.69) is 27.2 Å². The molecule has 1 saturated heterocycles. The van der Waals surface area contributed by atoms with Gasteiger partial charge in [0.15, 0.2) is 0 Å². The predicted octanol–water partition coefficient (Wildman–Crippen LogP) is 0.415. The summed E-state index contributed by atoms with van der Waals surface area (Å²) in [6.45, 7) is 4.71. The SMILES string of the molecule is CCc1nc(NN)cc(N2CC(C(N)=O)CCC2C)n1. The lowest BCUT2D eigenvalue weighted by atomic mass is 9.93. The molecule has 2 unspecified atom stereocenters. The standard InChI is InChI=1S/C13H22N6O/c1-3-10-16-11(18-15)6-12(17-10)19-7-9(13(14)20)5-4-8(19)2/h6,8-9H,3-5,7,15H2,1-2H3,(H2,14,20)(H,16,17,18). The first kappa shape index (κ1) is 14.5. The molecule has 7 nitrogen and oxygen atoms in total. The van der Waals surface area contributed by atoms with Gasteiger partial charge in [0.05, 0.1) is 5.92 Å². The van der Waals surface area contributed by atoms with Crippen molar-refractivity contribution in [1.82, 2.24) is 9.97 Å². The quantitative estimate of drug-likeness (QED) is 0.543. The van der Waals surface area contributed by atoms with Crippen LogP contribution in [0.15, 0.2) is 6.07 Å². The predicted molar refractivity (Wildman–Crippen MR) is 77.9 cm³/mol. The van der Waals surface area contributed by atoms with Crippen molar-refractivity contribution < 1.29 is 4.79 Å². The number of nitrogens with one attached hydrogen (secondary N) is 1. The Bertz CT molecular complexity index is 469. The summed E-state index contributed by atoms with van der Waals surface area (Å²) >= 11 is 0. The van der Waals surface area contributed by atoms with Gasteiger partial charge in [-0.15, -0.1) is 0 Å². The van der Waals surface area contributed by atoms with Gasteiger partial charge in [-0.3, -0.25) is 4.79 Å². The molecule has 2 rings (SSSR count). The Balaban J connectivity index is 2.30. The molecule has 0 aromatic carbocycles. The molecule has 110 valence electrons. The van der Waals surface area contributed by atoms with Crippen LogP contribution in [0.3, 0.4) is 0 Å². The minimum absolute atomic E-state index is 0.125. The number of hydrogen-bond donors (Lipinski definition) is 3. The Morgan fingerprint density at radius 3 is 2.85 bits per heavy atom. The third kappa shape index (κ3) is 2.98. The Labute approximate surface area is 118 Å². The topological polar surface area (TPSA) is 110 Å². The number of aromatic nitrogens is 2. The first-order chi connectivity index (χ1) is 9.55. The number of amides is 1. The zero-order valence-electron chi connectivity index (χ0n) is 12.0. The average Bonchev–Trinajstić information content (AvgIpc) is 2.46. The van der Waals surface area contributed by atoms with Crippen molar-refractivity contribution in [3.63, 3.8) is 0 Å². The molecule has 20 heavy (non-hydrogen) atoms. The maximum Gasteiger partial charge on any atom is 0.222 e. The van der Waals surface area contributed by atoms with Gasteiger partial charge >= 0.3 is 0 Å². The number of piperidine rings is 1. The highest BCUT2D eigenvalue weighted by molar-refractivity contribution is 5.77. The summed E-state index contributed by atoms with van der Waals surface area (Å²) in [7, 11) is 0. The van der Waals surface area contributed by atoms with Crippen LogP contribution in [0.4, 0.5) is 11.6 Å². The molecule has 0 saturated carbocycles. The molecule has 5 N–H and O–H groups in total. The molecule has 1 aromatic heterocycles. The van der Waals surface area contributed by atoms with Crippen LogP contribution in [-0.2, 0) is 11.2 Å². The summed E-state index contributed by atoms with van der Waals surface area (Å²) in [5.41, 5.74) is 7.99. The third-order valence-electron chi connectivity index (χ3n) is 3.80. The smallest absolute Gasteiger partial charge is 0.222 e.